The molecule has 116 valence electrons. The number of para-hydroxylation sites is 1. The average Bonchev–Trinajstić information content (AvgIpc) is 2.45. The van der Waals surface area contributed by atoms with Gasteiger partial charge in [0.1, 0.15) is 5.82 Å². The predicted octanol–water partition coefficient (Wildman–Crippen LogP) is 0.341. The van der Waals surface area contributed by atoms with Gasteiger partial charge in [-0.2, -0.15) is 4.31 Å². The summed E-state index contributed by atoms with van der Waals surface area (Å²) < 4.78 is 37.5. The highest BCUT2D eigenvalue weighted by Gasteiger charge is 2.25. The van der Waals surface area contributed by atoms with Gasteiger partial charge in [-0.05, 0) is 12.1 Å². The normalized spacial score (nSPS) is 16.8. The van der Waals surface area contributed by atoms with Crippen molar-refractivity contribution in [3.05, 3.63) is 30.1 Å². The zero-order valence-electron chi connectivity index (χ0n) is 11.8. The largest absolute Gasteiger partial charge is 0.374 e. The maximum atomic E-state index is 13.4. The monoisotopic (exact) mass is 315 g/mol. The number of anilines is 1. The Labute approximate surface area is 123 Å². The summed E-state index contributed by atoms with van der Waals surface area (Å²) in [6.45, 7) is 1.28. The van der Waals surface area contributed by atoms with E-state index in [9.17, 15) is 17.6 Å². The standard InChI is InChI=1S/C13H18FN3O3S/c1-21(19,20)17-8-6-16(7-9-17)13(18)10-15-12-5-3-2-4-11(12)14/h2-5,15H,6-10H2,1H3. The van der Waals surface area contributed by atoms with Gasteiger partial charge in [0.15, 0.2) is 0 Å². The number of hydrogen-bond acceptors (Lipinski definition) is 4. The fourth-order valence-corrected chi connectivity index (χ4v) is 2.98. The highest BCUT2D eigenvalue weighted by Crippen LogP contribution is 2.12. The smallest absolute Gasteiger partial charge is 0.241 e. The Morgan fingerprint density at radius 3 is 2.43 bits per heavy atom. The number of piperazine rings is 1. The molecule has 0 saturated carbocycles. The van der Waals surface area contributed by atoms with Crippen molar-refractivity contribution in [2.45, 2.75) is 0 Å². The SMILES string of the molecule is CS(=O)(=O)N1CCN(C(=O)CNc2ccccc2F)CC1. The zero-order valence-corrected chi connectivity index (χ0v) is 12.6. The lowest BCUT2D eigenvalue weighted by molar-refractivity contribution is -0.130. The number of rotatable bonds is 4. The summed E-state index contributed by atoms with van der Waals surface area (Å²) in [6.07, 6.45) is 1.16. The van der Waals surface area contributed by atoms with E-state index in [0.717, 1.165) is 6.26 Å². The van der Waals surface area contributed by atoms with Gasteiger partial charge in [-0.25, -0.2) is 12.8 Å². The third-order valence-corrected chi connectivity index (χ3v) is 4.67. The van der Waals surface area contributed by atoms with Crippen molar-refractivity contribution in [3.63, 3.8) is 0 Å². The summed E-state index contributed by atoms with van der Waals surface area (Å²) in [5.41, 5.74) is 0.278. The number of hydrogen-bond donors (Lipinski definition) is 1. The molecule has 1 N–H and O–H groups in total. The molecule has 2 rings (SSSR count). The van der Waals surface area contributed by atoms with E-state index in [4.69, 9.17) is 0 Å². The minimum Gasteiger partial charge on any atom is -0.374 e. The number of carbonyl (C=O) groups excluding carboxylic acids is 1. The van der Waals surface area contributed by atoms with Gasteiger partial charge in [0, 0.05) is 26.2 Å². The van der Waals surface area contributed by atoms with Crippen LogP contribution in [0.2, 0.25) is 0 Å². The number of amides is 1. The van der Waals surface area contributed by atoms with E-state index in [1.807, 2.05) is 0 Å². The van der Waals surface area contributed by atoms with Crippen LogP contribution in [-0.2, 0) is 14.8 Å². The number of sulfonamides is 1. The Morgan fingerprint density at radius 1 is 1.24 bits per heavy atom. The molecule has 1 aromatic carbocycles. The topological polar surface area (TPSA) is 69.7 Å². The molecule has 1 aliphatic heterocycles. The first kappa shape index (κ1) is 15.7. The number of nitrogens with zero attached hydrogens (tertiary/aromatic N) is 2. The molecule has 0 spiro atoms. The predicted molar refractivity (Wildman–Crippen MR) is 77.9 cm³/mol. The molecule has 1 heterocycles. The quantitative estimate of drug-likeness (QED) is 0.870. The van der Waals surface area contributed by atoms with Crippen LogP contribution in [0.4, 0.5) is 10.1 Å². The molecule has 0 radical (unpaired) electrons. The first-order valence-corrected chi connectivity index (χ1v) is 8.44. The molecule has 1 fully saturated rings. The Balaban J connectivity index is 1.84. The molecule has 1 saturated heterocycles. The van der Waals surface area contributed by atoms with E-state index in [1.165, 1.54) is 10.4 Å². The minimum atomic E-state index is -3.21. The Bertz CT molecular complexity index is 613. The molecule has 8 heteroatoms. The van der Waals surface area contributed by atoms with Crippen LogP contribution in [-0.4, -0.2) is 62.5 Å². The molecule has 6 nitrogen and oxygen atoms in total. The molecule has 0 aromatic heterocycles. The average molecular weight is 315 g/mol. The molecule has 0 bridgehead atoms. The van der Waals surface area contributed by atoms with Crippen molar-refractivity contribution < 1.29 is 17.6 Å². The van der Waals surface area contributed by atoms with Crippen LogP contribution in [0.5, 0.6) is 0 Å². The summed E-state index contributed by atoms with van der Waals surface area (Å²) in [4.78, 5) is 13.6. The molecular weight excluding hydrogens is 297 g/mol. The summed E-state index contributed by atoms with van der Waals surface area (Å²) >= 11 is 0. The van der Waals surface area contributed by atoms with Gasteiger partial charge in [-0.1, -0.05) is 12.1 Å². The van der Waals surface area contributed by atoms with Gasteiger partial charge in [-0.15, -0.1) is 0 Å². The molecule has 0 unspecified atom stereocenters. The van der Waals surface area contributed by atoms with Crippen molar-refractivity contribution >= 4 is 21.6 Å². The number of benzene rings is 1. The summed E-state index contributed by atoms with van der Waals surface area (Å²) in [7, 11) is -3.21. The van der Waals surface area contributed by atoms with Crippen LogP contribution in [0.25, 0.3) is 0 Å². The minimum absolute atomic E-state index is 0.0141. The highest BCUT2D eigenvalue weighted by atomic mass is 32.2. The Hall–Kier alpha value is -1.67. The van der Waals surface area contributed by atoms with E-state index in [1.54, 1.807) is 23.1 Å². The van der Waals surface area contributed by atoms with E-state index < -0.39 is 15.8 Å². The maximum absolute atomic E-state index is 13.4. The molecular formula is C13H18FN3O3S. The summed E-state index contributed by atoms with van der Waals surface area (Å²) in [6, 6.07) is 6.13. The van der Waals surface area contributed by atoms with E-state index in [2.05, 4.69) is 5.32 Å². The van der Waals surface area contributed by atoms with Crippen LogP contribution in [0.3, 0.4) is 0 Å². The van der Waals surface area contributed by atoms with Crippen LogP contribution < -0.4 is 5.32 Å². The van der Waals surface area contributed by atoms with Crippen molar-refractivity contribution in [2.24, 2.45) is 0 Å². The van der Waals surface area contributed by atoms with Gasteiger partial charge >= 0.3 is 0 Å². The molecule has 21 heavy (non-hydrogen) atoms. The van der Waals surface area contributed by atoms with Crippen LogP contribution in [0, 0.1) is 5.82 Å². The van der Waals surface area contributed by atoms with Gasteiger partial charge < -0.3 is 10.2 Å². The fourth-order valence-electron chi connectivity index (χ4n) is 2.16. The van der Waals surface area contributed by atoms with E-state index in [0.29, 0.717) is 26.2 Å². The number of nitrogens with one attached hydrogen (secondary N) is 1. The third kappa shape index (κ3) is 4.15. The van der Waals surface area contributed by atoms with Gasteiger partial charge in [0.25, 0.3) is 0 Å². The molecule has 0 aliphatic carbocycles. The molecule has 1 amide bonds. The fraction of sp³-hybridized carbons (Fsp3) is 0.462. The van der Waals surface area contributed by atoms with E-state index >= 15 is 0 Å². The van der Waals surface area contributed by atoms with Gasteiger partial charge in [0.05, 0.1) is 18.5 Å². The maximum Gasteiger partial charge on any atom is 0.241 e. The zero-order chi connectivity index (χ0) is 15.5. The summed E-state index contributed by atoms with van der Waals surface area (Å²) in [5.74, 6) is -0.585. The number of carbonyl (C=O) groups is 1. The molecule has 1 aromatic rings. The second-order valence-electron chi connectivity index (χ2n) is 4.88. The highest BCUT2D eigenvalue weighted by molar-refractivity contribution is 7.88. The van der Waals surface area contributed by atoms with Crippen molar-refractivity contribution in [3.8, 4) is 0 Å². The third-order valence-electron chi connectivity index (χ3n) is 3.36. The van der Waals surface area contributed by atoms with Crippen LogP contribution in [0.1, 0.15) is 0 Å². The van der Waals surface area contributed by atoms with E-state index in [-0.39, 0.29) is 18.1 Å². The lowest BCUT2D eigenvalue weighted by atomic mass is 10.3. The first-order valence-electron chi connectivity index (χ1n) is 6.59. The van der Waals surface area contributed by atoms with Crippen molar-refractivity contribution in [1.82, 2.24) is 9.21 Å². The second kappa shape index (κ2) is 6.40. The first-order chi connectivity index (χ1) is 9.88. The van der Waals surface area contributed by atoms with Crippen LogP contribution >= 0.6 is 0 Å². The lowest BCUT2D eigenvalue weighted by Crippen LogP contribution is -2.51. The Kier molecular flexibility index (Phi) is 4.79. The van der Waals surface area contributed by atoms with Crippen LogP contribution in [0.15, 0.2) is 24.3 Å². The molecule has 1 aliphatic rings. The van der Waals surface area contributed by atoms with Crippen molar-refractivity contribution in [1.29, 1.82) is 0 Å². The molecule has 0 atom stereocenters. The van der Waals surface area contributed by atoms with Gasteiger partial charge in [-0.3, -0.25) is 4.79 Å². The number of halogens is 1. The van der Waals surface area contributed by atoms with Gasteiger partial charge in [0.2, 0.25) is 15.9 Å². The second-order valence-corrected chi connectivity index (χ2v) is 6.86. The summed E-state index contributed by atoms with van der Waals surface area (Å²) in [5, 5.41) is 2.75. The van der Waals surface area contributed by atoms with Crippen molar-refractivity contribution in [2.75, 3.05) is 44.3 Å². The lowest BCUT2D eigenvalue weighted by Gasteiger charge is -2.33. The Morgan fingerprint density at radius 2 is 1.86 bits per heavy atom.